The largest absolute Gasteiger partial charge is 0.417 e. The molecule has 2 amide bonds. The molecular weight excluding hydrogens is 423 g/mol. The molecule has 2 heterocycles. The van der Waals surface area contributed by atoms with Crippen LogP contribution in [0.25, 0.3) is 11.3 Å². The van der Waals surface area contributed by atoms with Crippen molar-refractivity contribution < 1.29 is 27.3 Å². The number of halogens is 3. The van der Waals surface area contributed by atoms with Crippen molar-refractivity contribution in [3.8, 4) is 11.3 Å². The van der Waals surface area contributed by atoms with Gasteiger partial charge in [0.05, 0.1) is 11.1 Å². The molecule has 3 aromatic rings. The molecule has 32 heavy (non-hydrogen) atoms. The van der Waals surface area contributed by atoms with Crippen molar-refractivity contribution >= 4 is 11.8 Å². The summed E-state index contributed by atoms with van der Waals surface area (Å²) in [4.78, 5) is 28.8. The Balaban J connectivity index is 1.49. The SMILES string of the molecule is Cc1onc(-c2ccccc2)c1C(=O)N1CCN(C(=O)c2ccccc2C(F)(F)F)CC1. The maximum absolute atomic E-state index is 13.3. The fourth-order valence-corrected chi connectivity index (χ4v) is 3.77. The van der Waals surface area contributed by atoms with E-state index in [9.17, 15) is 22.8 Å². The number of rotatable bonds is 3. The van der Waals surface area contributed by atoms with Crippen molar-refractivity contribution in [2.75, 3.05) is 26.2 Å². The molecule has 6 nitrogen and oxygen atoms in total. The maximum Gasteiger partial charge on any atom is 0.417 e. The zero-order chi connectivity index (χ0) is 22.9. The second-order valence-corrected chi connectivity index (χ2v) is 7.46. The molecule has 0 bridgehead atoms. The van der Waals surface area contributed by atoms with E-state index < -0.39 is 17.6 Å². The predicted molar refractivity (Wildman–Crippen MR) is 110 cm³/mol. The Morgan fingerprint density at radius 3 is 2.06 bits per heavy atom. The standard InChI is InChI=1S/C23H20F3N3O3/c1-15-19(20(27-32-15)16-7-3-2-4-8-16)22(31)29-13-11-28(12-14-29)21(30)17-9-5-6-10-18(17)23(24,25)26/h2-10H,11-14H2,1H3. The average molecular weight is 443 g/mol. The van der Waals surface area contributed by atoms with Crippen LogP contribution in [0.5, 0.6) is 0 Å². The Morgan fingerprint density at radius 1 is 0.875 bits per heavy atom. The summed E-state index contributed by atoms with van der Waals surface area (Å²) < 4.78 is 45.1. The highest BCUT2D eigenvalue weighted by Crippen LogP contribution is 2.32. The summed E-state index contributed by atoms with van der Waals surface area (Å²) in [5.74, 6) is -0.604. The Hall–Kier alpha value is -3.62. The van der Waals surface area contributed by atoms with Crippen LogP contribution in [0.2, 0.25) is 0 Å². The van der Waals surface area contributed by atoms with Gasteiger partial charge in [-0.05, 0) is 19.1 Å². The van der Waals surface area contributed by atoms with Crippen LogP contribution in [0.3, 0.4) is 0 Å². The summed E-state index contributed by atoms with van der Waals surface area (Å²) in [6, 6.07) is 13.9. The van der Waals surface area contributed by atoms with E-state index in [1.807, 2.05) is 30.3 Å². The lowest BCUT2D eigenvalue weighted by molar-refractivity contribution is -0.138. The Bertz CT molecular complexity index is 1130. The van der Waals surface area contributed by atoms with Gasteiger partial charge in [-0.3, -0.25) is 9.59 Å². The van der Waals surface area contributed by atoms with E-state index in [4.69, 9.17) is 4.52 Å². The second kappa shape index (κ2) is 8.49. The van der Waals surface area contributed by atoms with Crippen LogP contribution in [0.1, 0.15) is 32.0 Å². The first-order valence-corrected chi connectivity index (χ1v) is 10.0. The van der Waals surface area contributed by atoms with Gasteiger partial charge in [-0.1, -0.05) is 47.6 Å². The van der Waals surface area contributed by atoms with Gasteiger partial charge >= 0.3 is 6.18 Å². The van der Waals surface area contributed by atoms with Gasteiger partial charge in [-0.2, -0.15) is 13.2 Å². The minimum atomic E-state index is -4.62. The number of benzene rings is 2. The van der Waals surface area contributed by atoms with E-state index in [2.05, 4.69) is 5.16 Å². The molecule has 1 aliphatic rings. The Kier molecular flexibility index (Phi) is 5.73. The maximum atomic E-state index is 13.3. The lowest BCUT2D eigenvalue weighted by atomic mass is 10.0. The average Bonchev–Trinajstić information content (AvgIpc) is 3.19. The fourth-order valence-electron chi connectivity index (χ4n) is 3.77. The van der Waals surface area contributed by atoms with Gasteiger partial charge in [0.1, 0.15) is 17.0 Å². The number of hydrogen-bond acceptors (Lipinski definition) is 4. The number of aromatic nitrogens is 1. The first kappa shape index (κ1) is 21.6. The van der Waals surface area contributed by atoms with Crippen LogP contribution >= 0.6 is 0 Å². The first-order valence-electron chi connectivity index (χ1n) is 10.0. The molecular formula is C23H20F3N3O3. The lowest BCUT2D eigenvalue weighted by Gasteiger charge is -2.35. The van der Waals surface area contributed by atoms with Crippen molar-refractivity contribution in [1.82, 2.24) is 15.0 Å². The summed E-state index contributed by atoms with van der Waals surface area (Å²) in [6.45, 7) is 2.29. The normalized spacial score (nSPS) is 14.5. The molecule has 0 N–H and O–H groups in total. The van der Waals surface area contributed by atoms with E-state index in [0.717, 1.165) is 11.6 Å². The third kappa shape index (κ3) is 4.10. The second-order valence-electron chi connectivity index (χ2n) is 7.46. The molecule has 0 spiro atoms. The highest BCUT2D eigenvalue weighted by Gasteiger charge is 2.37. The third-order valence-electron chi connectivity index (χ3n) is 5.44. The van der Waals surface area contributed by atoms with E-state index in [0.29, 0.717) is 17.0 Å². The van der Waals surface area contributed by atoms with Crippen LogP contribution < -0.4 is 0 Å². The first-order chi connectivity index (χ1) is 15.3. The number of carbonyl (C=O) groups is 2. The van der Waals surface area contributed by atoms with Crippen LogP contribution in [-0.2, 0) is 6.18 Å². The number of amides is 2. The molecule has 0 saturated carbocycles. The number of nitrogens with zero attached hydrogens (tertiary/aromatic N) is 3. The zero-order valence-corrected chi connectivity index (χ0v) is 17.2. The fraction of sp³-hybridized carbons (Fsp3) is 0.261. The molecule has 2 aromatic carbocycles. The van der Waals surface area contributed by atoms with E-state index in [1.54, 1.807) is 11.8 Å². The van der Waals surface area contributed by atoms with Gasteiger partial charge in [0.15, 0.2) is 0 Å². The predicted octanol–water partition coefficient (Wildman–Crippen LogP) is 4.27. The van der Waals surface area contributed by atoms with E-state index >= 15 is 0 Å². The Morgan fingerprint density at radius 2 is 1.44 bits per heavy atom. The van der Waals surface area contributed by atoms with Gasteiger partial charge in [0.2, 0.25) is 0 Å². The topological polar surface area (TPSA) is 66.7 Å². The molecule has 1 fully saturated rings. The van der Waals surface area contributed by atoms with Crippen molar-refractivity contribution in [2.45, 2.75) is 13.1 Å². The zero-order valence-electron chi connectivity index (χ0n) is 17.2. The van der Waals surface area contributed by atoms with Crippen molar-refractivity contribution in [3.63, 3.8) is 0 Å². The molecule has 1 aromatic heterocycles. The van der Waals surface area contributed by atoms with E-state index in [-0.39, 0.29) is 37.6 Å². The van der Waals surface area contributed by atoms with E-state index in [1.165, 1.54) is 23.1 Å². The highest BCUT2D eigenvalue weighted by molar-refractivity contribution is 6.01. The number of carbonyl (C=O) groups excluding carboxylic acids is 2. The van der Waals surface area contributed by atoms with Crippen LogP contribution in [-0.4, -0.2) is 52.9 Å². The molecule has 0 aliphatic carbocycles. The summed E-state index contributed by atoms with van der Waals surface area (Å²) >= 11 is 0. The van der Waals surface area contributed by atoms with Crippen molar-refractivity contribution in [3.05, 3.63) is 77.0 Å². The molecule has 4 rings (SSSR count). The summed E-state index contributed by atoms with van der Waals surface area (Å²) in [5.41, 5.74) is 0.173. The highest BCUT2D eigenvalue weighted by atomic mass is 19.4. The van der Waals surface area contributed by atoms with Gasteiger partial charge < -0.3 is 14.3 Å². The quantitative estimate of drug-likeness (QED) is 0.607. The minimum Gasteiger partial charge on any atom is -0.360 e. The number of piperazine rings is 1. The molecule has 166 valence electrons. The number of hydrogen-bond donors (Lipinski definition) is 0. The summed E-state index contributed by atoms with van der Waals surface area (Å²) in [5, 5.41) is 4.02. The Labute approximate surface area is 182 Å². The van der Waals surface area contributed by atoms with Crippen LogP contribution in [0.15, 0.2) is 59.1 Å². The summed E-state index contributed by atoms with van der Waals surface area (Å²) in [6.07, 6.45) is -4.62. The smallest absolute Gasteiger partial charge is 0.360 e. The monoisotopic (exact) mass is 443 g/mol. The molecule has 0 radical (unpaired) electrons. The molecule has 0 atom stereocenters. The summed E-state index contributed by atoms with van der Waals surface area (Å²) in [7, 11) is 0. The van der Waals surface area contributed by atoms with Crippen molar-refractivity contribution in [2.24, 2.45) is 0 Å². The third-order valence-corrected chi connectivity index (χ3v) is 5.44. The minimum absolute atomic E-state index is 0.127. The molecule has 1 saturated heterocycles. The number of aryl methyl sites for hydroxylation is 1. The van der Waals surface area contributed by atoms with Crippen molar-refractivity contribution in [1.29, 1.82) is 0 Å². The van der Waals surface area contributed by atoms with Crippen LogP contribution in [0, 0.1) is 6.92 Å². The van der Waals surface area contributed by atoms with Crippen LogP contribution in [0.4, 0.5) is 13.2 Å². The van der Waals surface area contributed by atoms with Gasteiger partial charge in [-0.25, -0.2) is 0 Å². The molecule has 9 heteroatoms. The van der Waals surface area contributed by atoms with Gasteiger partial charge in [0, 0.05) is 31.7 Å². The molecule has 0 unspecified atom stereocenters. The van der Waals surface area contributed by atoms with Gasteiger partial charge in [0.25, 0.3) is 11.8 Å². The number of alkyl halides is 3. The van der Waals surface area contributed by atoms with Gasteiger partial charge in [-0.15, -0.1) is 0 Å². The lowest BCUT2D eigenvalue weighted by Crippen LogP contribution is -2.51. The molecule has 1 aliphatic heterocycles.